The van der Waals surface area contributed by atoms with Crippen LogP contribution < -0.4 is 9.47 Å². The first-order chi connectivity index (χ1) is 9.05. The molecule has 3 rings (SSSR count). The summed E-state index contributed by atoms with van der Waals surface area (Å²) >= 11 is 0. The average molecular weight is 261 g/mol. The summed E-state index contributed by atoms with van der Waals surface area (Å²) in [5.41, 5.74) is 1.04. The number of benzene rings is 1. The Balaban J connectivity index is 1.74. The molecule has 1 saturated heterocycles. The summed E-state index contributed by atoms with van der Waals surface area (Å²) in [6.45, 7) is 6.43. The number of amides is 1. The number of hydrogen-bond donors (Lipinski definition) is 0. The summed E-state index contributed by atoms with van der Waals surface area (Å²) in [5, 5.41) is 0. The van der Waals surface area contributed by atoms with Crippen molar-refractivity contribution in [1.82, 2.24) is 4.90 Å². The second-order valence-electron chi connectivity index (χ2n) is 6.02. The summed E-state index contributed by atoms with van der Waals surface area (Å²) in [4.78, 5) is 14.4. The van der Waals surface area contributed by atoms with Crippen LogP contribution in [0.3, 0.4) is 0 Å². The largest absolute Gasteiger partial charge is 0.454 e. The van der Waals surface area contributed by atoms with Gasteiger partial charge in [0, 0.05) is 18.7 Å². The van der Waals surface area contributed by atoms with E-state index < -0.39 is 0 Å². The Morgan fingerprint density at radius 1 is 1.16 bits per heavy atom. The third-order valence-electron chi connectivity index (χ3n) is 4.02. The Kier molecular flexibility index (Phi) is 2.88. The van der Waals surface area contributed by atoms with Gasteiger partial charge in [0.2, 0.25) is 6.79 Å². The maximum Gasteiger partial charge on any atom is 0.253 e. The molecule has 0 unspecified atom stereocenters. The van der Waals surface area contributed by atoms with Crippen molar-refractivity contribution in [2.24, 2.45) is 5.41 Å². The molecule has 2 heterocycles. The van der Waals surface area contributed by atoms with Crippen molar-refractivity contribution in [1.29, 1.82) is 0 Å². The molecule has 1 fully saturated rings. The number of piperidine rings is 1. The quantitative estimate of drug-likeness (QED) is 0.780. The van der Waals surface area contributed by atoms with Crippen molar-refractivity contribution in [3.8, 4) is 11.5 Å². The van der Waals surface area contributed by atoms with E-state index in [1.54, 1.807) is 6.07 Å². The first kappa shape index (κ1) is 12.3. The van der Waals surface area contributed by atoms with E-state index in [1.165, 1.54) is 0 Å². The molecule has 0 aliphatic carbocycles. The normalized spacial score (nSPS) is 20.4. The molecule has 19 heavy (non-hydrogen) atoms. The lowest BCUT2D eigenvalue weighted by atomic mass is 9.82. The highest BCUT2D eigenvalue weighted by Gasteiger charge is 2.28. The van der Waals surface area contributed by atoms with Crippen molar-refractivity contribution in [2.75, 3.05) is 19.9 Å². The van der Waals surface area contributed by atoms with Gasteiger partial charge in [-0.15, -0.1) is 0 Å². The lowest BCUT2D eigenvalue weighted by Gasteiger charge is -2.36. The van der Waals surface area contributed by atoms with Gasteiger partial charge < -0.3 is 14.4 Å². The molecular formula is C15H19NO3. The predicted octanol–water partition coefficient (Wildman–Crippen LogP) is 2.68. The van der Waals surface area contributed by atoms with E-state index in [2.05, 4.69) is 13.8 Å². The molecule has 0 atom stereocenters. The number of hydrogen-bond acceptors (Lipinski definition) is 3. The summed E-state index contributed by atoms with van der Waals surface area (Å²) < 4.78 is 10.6. The Labute approximate surface area is 113 Å². The van der Waals surface area contributed by atoms with Crippen LogP contribution in [0.25, 0.3) is 0 Å². The fraction of sp³-hybridized carbons (Fsp3) is 0.533. The van der Waals surface area contributed by atoms with Gasteiger partial charge in [0.15, 0.2) is 11.5 Å². The van der Waals surface area contributed by atoms with E-state index in [9.17, 15) is 4.79 Å². The molecule has 2 aliphatic heterocycles. The molecule has 4 heteroatoms. The van der Waals surface area contributed by atoms with Gasteiger partial charge in [0.25, 0.3) is 5.91 Å². The SMILES string of the molecule is CC1(C)CCN(C(=O)c2ccc3c(c2)OCO3)CC1. The monoisotopic (exact) mass is 261 g/mol. The first-order valence-electron chi connectivity index (χ1n) is 6.74. The Morgan fingerprint density at radius 2 is 1.84 bits per heavy atom. The molecule has 2 aliphatic rings. The third-order valence-corrected chi connectivity index (χ3v) is 4.02. The maximum atomic E-state index is 12.4. The van der Waals surface area contributed by atoms with Gasteiger partial charge in [-0.25, -0.2) is 0 Å². The number of carbonyl (C=O) groups is 1. The van der Waals surface area contributed by atoms with E-state index in [4.69, 9.17) is 9.47 Å². The fourth-order valence-electron chi connectivity index (χ4n) is 2.53. The van der Waals surface area contributed by atoms with E-state index in [1.807, 2.05) is 17.0 Å². The number of rotatable bonds is 1. The van der Waals surface area contributed by atoms with E-state index in [-0.39, 0.29) is 12.7 Å². The van der Waals surface area contributed by atoms with Gasteiger partial charge in [-0.2, -0.15) is 0 Å². The summed E-state index contributed by atoms with van der Waals surface area (Å²) in [6, 6.07) is 5.41. The molecule has 0 bridgehead atoms. The van der Waals surface area contributed by atoms with E-state index in [0.717, 1.165) is 31.7 Å². The smallest absolute Gasteiger partial charge is 0.253 e. The molecule has 0 saturated carbocycles. The standard InChI is InChI=1S/C15H19NO3/c1-15(2)5-7-16(8-6-15)14(17)11-3-4-12-13(9-11)19-10-18-12/h3-4,9H,5-8,10H2,1-2H3. The molecule has 102 valence electrons. The van der Waals surface area contributed by atoms with Crippen LogP contribution in [0.5, 0.6) is 11.5 Å². The van der Waals surface area contributed by atoms with Crippen LogP contribution in [0.1, 0.15) is 37.0 Å². The molecule has 4 nitrogen and oxygen atoms in total. The van der Waals surface area contributed by atoms with Crippen LogP contribution in [0.2, 0.25) is 0 Å². The number of carbonyl (C=O) groups excluding carboxylic acids is 1. The zero-order chi connectivity index (χ0) is 13.5. The van der Waals surface area contributed by atoms with Crippen molar-refractivity contribution >= 4 is 5.91 Å². The van der Waals surface area contributed by atoms with Gasteiger partial charge in [0.1, 0.15) is 0 Å². The zero-order valence-corrected chi connectivity index (χ0v) is 11.4. The fourth-order valence-corrected chi connectivity index (χ4v) is 2.53. The highest BCUT2D eigenvalue weighted by Crippen LogP contribution is 2.34. The maximum absolute atomic E-state index is 12.4. The minimum absolute atomic E-state index is 0.0915. The summed E-state index contributed by atoms with van der Waals surface area (Å²) in [5.74, 6) is 1.48. The Morgan fingerprint density at radius 3 is 2.58 bits per heavy atom. The molecule has 0 N–H and O–H groups in total. The van der Waals surface area contributed by atoms with Crippen LogP contribution in [0.4, 0.5) is 0 Å². The first-order valence-corrected chi connectivity index (χ1v) is 6.74. The number of ether oxygens (including phenoxy) is 2. The van der Waals surface area contributed by atoms with Gasteiger partial charge in [0.05, 0.1) is 0 Å². The van der Waals surface area contributed by atoms with Crippen molar-refractivity contribution in [3.05, 3.63) is 23.8 Å². The second-order valence-corrected chi connectivity index (χ2v) is 6.02. The number of likely N-dealkylation sites (tertiary alicyclic amines) is 1. The summed E-state index contributed by atoms with van der Waals surface area (Å²) in [6.07, 6.45) is 2.12. The number of fused-ring (bicyclic) bond motifs is 1. The molecule has 1 amide bonds. The molecular weight excluding hydrogens is 242 g/mol. The van der Waals surface area contributed by atoms with Gasteiger partial charge in [-0.3, -0.25) is 4.79 Å². The third kappa shape index (κ3) is 2.39. The van der Waals surface area contributed by atoms with Crippen molar-refractivity contribution in [3.63, 3.8) is 0 Å². The molecule has 0 spiro atoms. The van der Waals surface area contributed by atoms with Crippen LogP contribution in [0.15, 0.2) is 18.2 Å². The minimum atomic E-state index is 0.0915. The van der Waals surface area contributed by atoms with Crippen LogP contribution in [-0.4, -0.2) is 30.7 Å². The van der Waals surface area contributed by atoms with Crippen molar-refractivity contribution < 1.29 is 14.3 Å². The highest BCUT2D eigenvalue weighted by atomic mass is 16.7. The van der Waals surface area contributed by atoms with Crippen molar-refractivity contribution in [2.45, 2.75) is 26.7 Å². The molecule has 0 radical (unpaired) electrons. The van der Waals surface area contributed by atoms with Gasteiger partial charge in [-0.1, -0.05) is 13.8 Å². The zero-order valence-electron chi connectivity index (χ0n) is 11.4. The lowest BCUT2D eigenvalue weighted by Crippen LogP contribution is -2.41. The molecule has 0 aromatic heterocycles. The molecule has 1 aromatic carbocycles. The van der Waals surface area contributed by atoms with E-state index in [0.29, 0.717) is 16.7 Å². The highest BCUT2D eigenvalue weighted by molar-refractivity contribution is 5.95. The van der Waals surface area contributed by atoms with Crippen LogP contribution >= 0.6 is 0 Å². The minimum Gasteiger partial charge on any atom is -0.454 e. The Bertz CT molecular complexity index is 500. The van der Waals surface area contributed by atoms with Crippen LogP contribution in [-0.2, 0) is 0 Å². The van der Waals surface area contributed by atoms with E-state index >= 15 is 0 Å². The molecule has 1 aromatic rings. The second kappa shape index (κ2) is 4.44. The van der Waals surface area contributed by atoms with Gasteiger partial charge in [-0.05, 0) is 36.5 Å². The average Bonchev–Trinajstić information content (AvgIpc) is 2.85. The summed E-state index contributed by atoms with van der Waals surface area (Å²) in [7, 11) is 0. The topological polar surface area (TPSA) is 38.8 Å². The Hall–Kier alpha value is -1.71. The van der Waals surface area contributed by atoms with Gasteiger partial charge >= 0.3 is 0 Å². The van der Waals surface area contributed by atoms with Crippen LogP contribution in [0, 0.1) is 5.41 Å². The lowest BCUT2D eigenvalue weighted by molar-refractivity contribution is 0.0630. The number of nitrogens with zero attached hydrogens (tertiary/aromatic N) is 1. The predicted molar refractivity (Wildman–Crippen MR) is 71.5 cm³/mol.